The fourth-order valence-electron chi connectivity index (χ4n) is 2.44. The Labute approximate surface area is 161 Å². The van der Waals surface area contributed by atoms with Crippen molar-refractivity contribution >= 4 is 34.8 Å². The topological polar surface area (TPSA) is 67.4 Å². The molecule has 0 fully saturated rings. The van der Waals surface area contributed by atoms with Crippen molar-refractivity contribution in [1.82, 2.24) is 0 Å². The lowest BCUT2D eigenvalue weighted by atomic mass is 10.1. The number of methoxy groups -OCH3 is 1. The number of para-hydroxylation sites is 1. The van der Waals surface area contributed by atoms with E-state index in [4.69, 9.17) is 16.3 Å². The minimum atomic E-state index is -0.345. The van der Waals surface area contributed by atoms with Gasteiger partial charge in [-0.3, -0.25) is 9.59 Å². The molecule has 3 aromatic rings. The van der Waals surface area contributed by atoms with Crippen LogP contribution in [0.25, 0.3) is 0 Å². The Hall–Kier alpha value is -3.31. The molecule has 0 saturated heterocycles. The van der Waals surface area contributed by atoms with Gasteiger partial charge in [-0.05, 0) is 54.6 Å². The van der Waals surface area contributed by atoms with Crippen molar-refractivity contribution in [2.24, 2.45) is 0 Å². The molecule has 0 atom stereocenters. The van der Waals surface area contributed by atoms with E-state index in [0.29, 0.717) is 33.3 Å². The highest BCUT2D eigenvalue weighted by Crippen LogP contribution is 2.21. The SMILES string of the molecule is COc1ccc(NC(=O)c2cccc(C(=O)Nc3ccccc3Cl)c2)cc1. The van der Waals surface area contributed by atoms with Crippen molar-refractivity contribution in [2.45, 2.75) is 0 Å². The molecular formula is C21H17ClN2O3. The first kappa shape index (κ1) is 18.5. The Morgan fingerprint density at radius 2 is 1.44 bits per heavy atom. The Balaban J connectivity index is 1.73. The Morgan fingerprint density at radius 1 is 0.815 bits per heavy atom. The summed E-state index contributed by atoms with van der Waals surface area (Å²) in [5.41, 5.74) is 1.87. The quantitative estimate of drug-likeness (QED) is 0.664. The predicted octanol–water partition coefficient (Wildman–Crippen LogP) is 4.85. The molecule has 0 aromatic heterocycles. The first-order valence-electron chi connectivity index (χ1n) is 8.18. The van der Waals surface area contributed by atoms with E-state index in [1.807, 2.05) is 0 Å². The summed E-state index contributed by atoms with van der Waals surface area (Å²) >= 11 is 6.06. The van der Waals surface area contributed by atoms with Gasteiger partial charge in [0.25, 0.3) is 11.8 Å². The lowest BCUT2D eigenvalue weighted by Gasteiger charge is -2.09. The van der Waals surface area contributed by atoms with Gasteiger partial charge < -0.3 is 15.4 Å². The van der Waals surface area contributed by atoms with Crippen molar-refractivity contribution in [2.75, 3.05) is 17.7 Å². The van der Waals surface area contributed by atoms with Gasteiger partial charge in [-0.2, -0.15) is 0 Å². The summed E-state index contributed by atoms with van der Waals surface area (Å²) in [6.45, 7) is 0. The molecular weight excluding hydrogens is 364 g/mol. The van der Waals surface area contributed by atoms with Crippen LogP contribution in [0.2, 0.25) is 5.02 Å². The van der Waals surface area contributed by atoms with E-state index < -0.39 is 0 Å². The number of ether oxygens (including phenoxy) is 1. The molecule has 0 aliphatic carbocycles. The van der Waals surface area contributed by atoms with Crippen molar-refractivity contribution in [3.05, 3.63) is 88.9 Å². The number of benzene rings is 3. The lowest BCUT2D eigenvalue weighted by Crippen LogP contribution is -2.15. The van der Waals surface area contributed by atoms with Crippen molar-refractivity contribution in [3.63, 3.8) is 0 Å². The lowest BCUT2D eigenvalue weighted by molar-refractivity contribution is 0.102. The number of anilines is 2. The van der Waals surface area contributed by atoms with E-state index in [-0.39, 0.29) is 11.8 Å². The highest BCUT2D eigenvalue weighted by atomic mass is 35.5. The minimum absolute atomic E-state index is 0.312. The van der Waals surface area contributed by atoms with E-state index in [2.05, 4.69) is 10.6 Å². The molecule has 3 aromatic carbocycles. The van der Waals surface area contributed by atoms with E-state index in [1.54, 1.807) is 73.8 Å². The van der Waals surface area contributed by atoms with Gasteiger partial charge in [0.15, 0.2) is 0 Å². The number of halogens is 1. The van der Waals surface area contributed by atoms with Gasteiger partial charge in [0.05, 0.1) is 17.8 Å². The van der Waals surface area contributed by atoms with E-state index in [1.165, 1.54) is 6.07 Å². The summed E-state index contributed by atoms with van der Waals surface area (Å²) < 4.78 is 5.09. The van der Waals surface area contributed by atoms with Gasteiger partial charge in [-0.15, -0.1) is 0 Å². The highest BCUT2D eigenvalue weighted by molar-refractivity contribution is 6.33. The van der Waals surface area contributed by atoms with Crippen LogP contribution < -0.4 is 15.4 Å². The van der Waals surface area contributed by atoms with Crippen molar-refractivity contribution in [1.29, 1.82) is 0 Å². The molecule has 0 spiro atoms. The van der Waals surface area contributed by atoms with Crippen LogP contribution >= 0.6 is 11.6 Å². The van der Waals surface area contributed by atoms with Gasteiger partial charge in [-0.1, -0.05) is 29.8 Å². The molecule has 2 amide bonds. The molecule has 27 heavy (non-hydrogen) atoms. The zero-order valence-electron chi connectivity index (χ0n) is 14.5. The number of hydrogen-bond donors (Lipinski definition) is 2. The van der Waals surface area contributed by atoms with Crippen LogP contribution in [0.5, 0.6) is 5.75 Å². The standard InChI is InChI=1S/C21H17ClN2O3/c1-27-17-11-9-16(10-12-17)23-20(25)14-5-4-6-15(13-14)21(26)24-19-8-3-2-7-18(19)22/h2-13H,1H3,(H,23,25)(H,24,26). The Bertz CT molecular complexity index is 971. The normalized spacial score (nSPS) is 10.1. The van der Waals surface area contributed by atoms with Gasteiger partial charge >= 0.3 is 0 Å². The first-order valence-corrected chi connectivity index (χ1v) is 8.56. The zero-order chi connectivity index (χ0) is 19.2. The van der Waals surface area contributed by atoms with Crippen LogP contribution in [-0.4, -0.2) is 18.9 Å². The average Bonchev–Trinajstić information content (AvgIpc) is 2.70. The molecule has 0 aliphatic rings. The number of carbonyl (C=O) groups is 2. The van der Waals surface area contributed by atoms with Gasteiger partial charge in [0, 0.05) is 16.8 Å². The van der Waals surface area contributed by atoms with Crippen LogP contribution in [0.3, 0.4) is 0 Å². The zero-order valence-corrected chi connectivity index (χ0v) is 15.3. The van der Waals surface area contributed by atoms with Crippen LogP contribution in [0, 0.1) is 0 Å². The van der Waals surface area contributed by atoms with E-state index in [0.717, 1.165) is 0 Å². The smallest absolute Gasteiger partial charge is 0.255 e. The molecule has 6 heteroatoms. The van der Waals surface area contributed by atoms with Crippen molar-refractivity contribution in [3.8, 4) is 5.75 Å². The minimum Gasteiger partial charge on any atom is -0.497 e. The third-order valence-corrected chi connectivity index (χ3v) is 4.19. The van der Waals surface area contributed by atoms with Gasteiger partial charge in [-0.25, -0.2) is 0 Å². The second kappa shape index (κ2) is 8.38. The maximum absolute atomic E-state index is 12.5. The van der Waals surface area contributed by atoms with Crippen molar-refractivity contribution < 1.29 is 14.3 Å². The maximum Gasteiger partial charge on any atom is 0.255 e. The maximum atomic E-state index is 12.5. The molecule has 3 rings (SSSR count). The fourth-order valence-corrected chi connectivity index (χ4v) is 2.62. The van der Waals surface area contributed by atoms with Crippen LogP contribution in [-0.2, 0) is 0 Å². The average molecular weight is 381 g/mol. The van der Waals surface area contributed by atoms with Crippen LogP contribution in [0.4, 0.5) is 11.4 Å². The number of nitrogens with one attached hydrogen (secondary N) is 2. The Morgan fingerprint density at radius 3 is 2.07 bits per heavy atom. The number of rotatable bonds is 5. The summed E-state index contributed by atoms with van der Waals surface area (Å²) in [4.78, 5) is 24.9. The third kappa shape index (κ3) is 4.65. The summed E-state index contributed by atoms with van der Waals surface area (Å²) in [5.74, 6) is 0.0426. The van der Waals surface area contributed by atoms with Gasteiger partial charge in [0.1, 0.15) is 5.75 Å². The Kier molecular flexibility index (Phi) is 5.74. The molecule has 5 nitrogen and oxygen atoms in total. The predicted molar refractivity (Wildman–Crippen MR) is 107 cm³/mol. The van der Waals surface area contributed by atoms with Gasteiger partial charge in [0.2, 0.25) is 0 Å². The van der Waals surface area contributed by atoms with Crippen LogP contribution in [0.1, 0.15) is 20.7 Å². The molecule has 0 aliphatic heterocycles. The molecule has 0 radical (unpaired) electrons. The number of amides is 2. The summed E-state index contributed by atoms with van der Waals surface area (Å²) in [6, 6.07) is 20.4. The number of carbonyl (C=O) groups excluding carboxylic acids is 2. The molecule has 0 saturated carbocycles. The third-order valence-electron chi connectivity index (χ3n) is 3.86. The molecule has 0 heterocycles. The van der Waals surface area contributed by atoms with E-state index in [9.17, 15) is 9.59 Å². The molecule has 2 N–H and O–H groups in total. The first-order chi connectivity index (χ1) is 13.1. The highest BCUT2D eigenvalue weighted by Gasteiger charge is 2.12. The van der Waals surface area contributed by atoms with Crippen LogP contribution in [0.15, 0.2) is 72.8 Å². The fraction of sp³-hybridized carbons (Fsp3) is 0.0476. The summed E-state index contributed by atoms with van der Waals surface area (Å²) in [6.07, 6.45) is 0. The molecule has 0 unspecified atom stereocenters. The largest absolute Gasteiger partial charge is 0.497 e. The van der Waals surface area contributed by atoms with E-state index >= 15 is 0 Å². The molecule has 136 valence electrons. The molecule has 0 bridgehead atoms. The second-order valence-electron chi connectivity index (χ2n) is 5.70. The summed E-state index contributed by atoms with van der Waals surface area (Å²) in [5, 5.41) is 5.97. The monoisotopic (exact) mass is 380 g/mol. The summed E-state index contributed by atoms with van der Waals surface area (Å²) in [7, 11) is 1.58. The number of hydrogen-bond acceptors (Lipinski definition) is 3. The second-order valence-corrected chi connectivity index (χ2v) is 6.10.